The molecule has 0 aromatic heterocycles. The normalized spacial score (nSPS) is 11.4. The van der Waals surface area contributed by atoms with Crippen molar-refractivity contribution < 1.29 is 13.5 Å². The third-order valence-corrected chi connectivity index (χ3v) is 4.56. The topological polar surface area (TPSA) is 80.4 Å². The lowest BCUT2D eigenvalue weighted by Crippen LogP contribution is -2.07. The molecule has 0 bridgehead atoms. The highest BCUT2D eigenvalue weighted by Crippen LogP contribution is 2.26. The summed E-state index contributed by atoms with van der Waals surface area (Å²) >= 11 is 5.74. The zero-order chi connectivity index (χ0) is 14.0. The maximum absolute atomic E-state index is 12.2. The molecule has 2 aromatic rings. The van der Waals surface area contributed by atoms with Crippen LogP contribution in [0.3, 0.4) is 0 Å². The third-order valence-electron chi connectivity index (χ3n) is 2.57. The lowest BCUT2D eigenvalue weighted by molar-refractivity contribution is 0.475. The van der Waals surface area contributed by atoms with E-state index in [1.165, 1.54) is 30.3 Å². The highest BCUT2D eigenvalue weighted by atomic mass is 35.5. The molecule has 0 saturated heterocycles. The van der Waals surface area contributed by atoms with Crippen LogP contribution in [0.1, 0.15) is 5.56 Å². The van der Waals surface area contributed by atoms with Gasteiger partial charge in [-0.25, -0.2) is 8.42 Å². The molecule has 2 aromatic carbocycles. The molecule has 0 atom stereocenters. The molecule has 19 heavy (non-hydrogen) atoms. The quantitative estimate of drug-likeness (QED) is 0.853. The fourth-order valence-electron chi connectivity index (χ4n) is 1.75. The van der Waals surface area contributed by atoms with Crippen molar-refractivity contribution >= 4 is 27.1 Å². The van der Waals surface area contributed by atoms with Gasteiger partial charge in [0.05, 0.1) is 16.3 Å². The van der Waals surface area contributed by atoms with Crippen LogP contribution in [0, 0.1) is 0 Å². The Morgan fingerprint density at radius 1 is 1.16 bits per heavy atom. The second-order valence-electron chi connectivity index (χ2n) is 4.11. The van der Waals surface area contributed by atoms with E-state index in [-0.39, 0.29) is 22.1 Å². The van der Waals surface area contributed by atoms with Crippen LogP contribution in [0.25, 0.3) is 0 Å². The van der Waals surface area contributed by atoms with Crippen molar-refractivity contribution in [2.75, 3.05) is 5.73 Å². The number of phenols is 1. The monoisotopic (exact) mass is 297 g/mol. The minimum absolute atomic E-state index is 0.0248. The average Bonchev–Trinajstić information content (AvgIpc) is 2.27. The van der Waals surface area contributed by atoms with E-state index in [9.17, 15) is 13.5 Å². The Kier molecular flexibility index (Phi) is 3.68. The molecule has 0 unspecified atom stereocenters. The summed E-state index contributed by atoms with van der Waals surface area (Å²) in [5, 5.41) is 9.72. The Bertz CT molecular complexity index is 714. The molecular weight excluding hydrogens is 286 g/mol. The lowest BCUT2D eigenvalue weighted by Gasteiger charge is -2.08. The highest BCUT2D eigenvalue weighted by molar-refractivity contribution is 7.90. The van der Waals surface area contributed by atoms with Crippen molar-refractivity contribution in [1.82, 2.24) is 0 Å². The van der Waals surface area contributed by atoms with E-state index in [1.54, 1.807) is 12.1 Å². The first-order valence-electron chi connectivity index (χ1n) is 5.44. The number of aromatic hydroxyl groups is 1. The summed E-state index contributed by atoms with van der Waals surface area (Å²) in [6.07, 6.45) is 0. The number of phenolic OH excluding ortho intramolecular Hbond substituents is 1. The van der Waals surface area contributed by atoms with E-state index >= 15 is 0 Å². The number of rotatable bonds is 3. The molecule has 0 radical (unpaired) electrons. The Balaban J connectivity index is 2.38. The molecule has 3 N–H and O–H groups in total. The van der Waals surface area contributed by atoms with E-state index in [4.69, 9.17) is 17.3 Å². The third kappa shape index (κ3) is 3.19. The van der Waals surface area contributed by atoms with Gasteiger partial charge in [0.2, 0.25) is 0 Å². The first kappa shape index (κ1) is 13.7. The number of nitrogens with two attached hydrogens (primary N) is 1. The van der Waals surface area contributed by atoms with Crippen molar-refractivity contribution in [2.45, 2.75) is 10.6 Å². The summed E-state index contributed by atoms with van der Waals surface area (Å²) in [4.78, 5) is 0.0419. The number of hydrogen-bond acceptors (Lipinski definition) is 4. The summed E-state index contributed by atoms with van der Waals surface area (Å²) in [7, 11) is -3.57. The molecule has 4 nitrogen and oxygen atoms in total. The summed E-state index contributed by atoms with van der Waals surface area (Å²) < 4.78 is 24.5. The van der Waals surface area contributed by atoms with E-state index in [1.807, 2.05) is 0 Å². The number of hydrogen-bond donors (Lipinski definition) is 2. The first-order valence-corrected chi connectivity index (χ1v) is 7.47. The van der Waals surface area contributed by atoms with E-state index in [0.717, 1.165) is 0 Å². The van der Waals surface area contributed by atoms with Crippen LogP contribution in [0.4, 0.5) is 5.69 Å². The Morgan fingerprint density at radius 2 is 1.89 bits per heavy atom. The van der Waals surface area contributed by atoms with Crippen LogP contribution in [-0.4, -0.2) is 13.5 Å². The minimum atomic E-state index is -3.57. The van der Waals surface area contributed by atoms with Crippen LogP contribution in [-0.2, 0) is 15.6 Å². The van der Waals surface area contributed by atoms with E-state index in [2.05, 4.69) is 0 Å². The van der Waals surface area contributed by atoms with Gasteiger partial charge in [0.25, 0.3) is 0 Å². The summed E-state index contributed by atoms with van der Waals surface area (Å²) in [6.45, 7) is 0. The van der Waals surface area contributed by atoms with Gasteiger partial charge in [-0.05, 0) is 35.9 Å². The first-order chi connectivity index (χ1) is 8.88. The van der Waals surface area contributed by atoms with Crippen LogP contribution in [0.2, 0.25) is 5.02 Å². The van der Waals surface area contributed by atoms with Gasteiger partial charge in [0.15, 0.2) is 9.84 Å². The van der Waals surface area contributed by atoms with Gasteiger partial charge in [-0.1, -0.05) is 23.7 Å². The molecule has 6 heteroatoms. The van der Waals surface area contributed by atoms with Crippen LogP contribution < -0.4 is 5.73 Å². The SMILES string of the molecule is Nc1cc(Cl)ccc1S(=O)(=O)Cc1cccc(O)c1. The molecule has 0 aliphatic heterocycles. The molecule has 0 fully saturated rings. The molecule has 0 aliphatic rings. The van der Waals surface area contributed by atoms with Crippen LogP contribution in [0.5, 0.6) is 5.75 Å². The zero-order valence-electron chi connectivity index (χ0n) is 9.88. The van der Waals surface area contributed by atoms with Crippen LogP contribution >= 0.6 is 11.6 Å². The Morgan fingerprint density at radius 3 is 2.53 bits per heavy atom. The molecule has 0 amide bonds. The summed E-state index contributed by atoms with van der Waals surface area (Å²) in [5.41, 5.74) is 6.29. The number of benzene rings is 2. The van der Waals surface area contributed by atoms with Crippen molar-refractivity contribution in [1.29, 1.82) is 0 Å². The fraction of sp³-hybridized carbons (Fsp3) is 0.0769. The van der Waals surface area contributed by atoms with Gasteiger partial charge in [-0.3, -0.25) is 0 Å². The molecule has 0 saturated carbocycles. The average molecular weight is 298 g/mol. The Hall–Kier alpha value is -1.72. The maximum atomic E-state index is 12.2. The number of nitrogen functional groups attached to an aromatic ring is 1. The fourth-order valence-corrected chi connectivity index (χ4v) is 3.39. The van der Waals surface area contributed by atoms with Crippen molar-refractivity contribution in [2.24, 2.45) is 0 Å². The number of anilines is 1. The Labute approximate surface area is 116 Å². The molecule has 100 valence electrons. The lowest BCUT2D eigenvalue weighted by atomic mass is 10.2. The second-order valence-corrected chi connectivity index (χ2v) is 6.51. The minimum Gasteiger partial charge on any atom is -0.508 e. The molecule has 0 heterocycles. The highest BCUT2D eigenvalue weighted by Gasteiger charge is 2.18. The van der Waals surface area contributed by atoms with Crippen molar-refractivity contribution in [3.8, 4) is 5.75 Å². The predicted molar refractivity (Wildman–Crippen MR) is 74.9 cm³/mol. The molecule has 0 spiro atoms. The van der Waals surface area contributed by atoms with E-state index in [0.29, 0.717) is 10.6 Å². The second kappa shape index (κ2) is 5.11. The number of sulfone groups is 1. The van der Waals surface area contributed by atoms with Gasteiger partial charge in [0, 0.05) is 5.02 Å². The summed E-state index contributed by atoms with van der Waals surface area (Å²) in [6, 6.07) is 10.4. The standard InChI is InChI=1S/C13H12ClNO3S/c14-10-4-5-13(12(15)7-10)19(17,18)8-9-2-1-3-11(16)6-9/h1-7,16H,8,15H2. The van der Waals surface area contributed by atoms with Gasteiger partial charge in [0.1, 0.15) is 5.75 Å². The van der Waals surface area contributed by atoms with Gasteiger partial charge >= 0.3 is 0 Å². The summed E-state index contributed by atoms with van der Waals surface area (Å²) in [5.74, 6) is -0.204. The number of halogens is 1. The smallest absolute Gasteiger partial charge is 0.184 e. The zero-order valence-corrected chi connectivity index (χ0v) is 11.4. The van der Waals surface area contributed by atoms with Crippen molar-refractivity contribution in [3.63, 3.8) is 0 Å². The predicted octanol–water partition coefficient (Wildman–Crippen LogP) is 2.60. The molecule has 2 rings (SSSR count). The van der Waals surface area contributed by atoms with Crippen LogP contribution in [0.15, 0.2) is 47.4 Å². The largest absolute Gasteiger partial charge is 0.508 e. The van der Waals surface area contributed by atoms with Gasteiger partial charge in [-0.2, -0.15) is 0 Å². The molecular formula is C13H12ClNO3S. The van der Waals surface area contributed by atoms with Crippen molar-refractivity contribution in [3.05, 3.63) is 53.1 Å². The van der Waals surface area contributed by atoms with Gasteiger partial charge in [-0.15, -0.1) is 0 Å². The van der Waals surface area contributed by atoms with E-state index < -0.39 is 9.84 Å². The molecule has 0 aliphatic carbocycles. The van der Waals surface area contributed by atoms with Gasteiger partial charge < -0.3 is 10.8 Å². The maximum Gasteiger partial charge on any atom is 0.184 e.